The molecule has 0 unspecified atom stereocenters. The summed E-state index contributed by atoms with van der Waals surface area (Å²) < 4.78 is 0. The Hall–Kier alpha value is -0.120. The van der Waals surface area contributed by atoms with Gasteiger partial charge in [-0.2, -0.15) is 0 Å². The SMILES string of the molecule is O=C([O-])[C@H](O)C[C@H](O)[C@H](O)CO.O=C([O-])[C@H](O)C[C@H](O)[C@H](O)CO.[Ca+2]. The molecule has 0 saturated heterocycles. The van der Waals surface area contributed by atoms with Crippen molar-refractivity contribution >= 4 is 49.7 Å². The fourth-order valence-corrected chi connectivity index (χ4v) is 1.21. The van der Waals surface area contributed by atoms with Crippen LogP contribution in [0.2, 0.25) is 0 Å². The number of carboxylic acids is 2. The van der Waals surface area contributed by atoms with Gasteiger partial charge >= 0.3 is 37.7 Å². The fraction of sp³-hybridized carbons (Fsp3) is 0.833. The number of aliphatic hydroxyl groups excluding tert-OH is 8. The predicted octanol–water partition coefficient (Wildman–Crippen LogP) is -7.98. The van der Waals surface area contributed by atoms with Gasteiger partial charge in [0.05, 0.1) is 49.6 Å². The molecule has 0 aromatic rings. The van der Waals surface area contributed by atoms with Crippen molar-refractivity contribution in [3.63, 3.8) is 0 Å². The molecular formula is C12H22CaO12. The summed E-state index contributed by atoms with van der Waals surface area (Å²) in [4.78, 5) is 19.9. The van der Waals surface area contributed by atoms with Crippen LogP contribution >= 0.6 is 0 Å². The number of carboxylic acid groups (broad SMARTS) is 2. The third-order valence-corrected chi connectivity index (χ3v) is 2.74. The minimum Gasteiger partial charge on any atom is -0.547 e. The molecule has 0 bridgehead atoms. The molecule has 0 aromatic heterocycles. The molecule has 0 aliphatic heterocycles. The van der Waals surface area contributed by atoms with E-state index in [1.807, 2.05) is 0 Å². The van der Waals surface area contributed by atoms with Crippen molar-refractivity contribution in [1.82, 2.24) is 0 Å². The third kappa shape index (κ3) is 14.7. The largest absolute Gasteiger partial charge is 2.00 e. The monoisotopic (exact) mass is 398 g/mol. The minimum atomic E-state index is -1.83. The van der Waals surface area contributed by atoms with Crippen molar-refractivity contribution in [3.8, 4) is 0 Å². The molecule has 0 radical (unpaired) electrons. The van der Waals surface area contributed by atoms with E-state index in [0.29, 0.717) is 0 Å². The quantitative estimate of drug-likeness (QED) is 0.160. The Balaban J connectivity index is -0.000000372. The fourth-order valence-electron chi connectivity index (χ4n) is 1.21. The van der Waals surface area contributed by atoms with Crippen LogP contribution in [0.15, 0.2) is 0 Å². The van der Waals surface area contributed by atoms with Gasteiger partial charge in [0.1, 0.15) is 12.2 Å². The number of carbonyl (C=O) groups is 2. The number of aliphatic carboxylic acids is 2. The Labute approximate surface area is 172 Å². The van der Waals surface area contributed by atoms with E-state index in [0.717, 1.165) is 0 Å². The van der Waals surface area contributed by atoms with Crippen LogP contribution in [0.25, 0.3) is 0 Å². The maximum Gasteiger partial charge on any atom is 2.00 e. The second-order valence-electron chi connectivity index (χ2n) is 4.78. The van der Waals surface area contributed by atoms with Gasteiger partial charge in [-0.1, -0.05) is 0 Å². The van der Waals surface area contributed by atoms with Crippen LogP contribution in [0.3, 0.4) is 0 Å². The standard InChI is InChI=1S/2C6H12O6.Ca/c2*7-2-5(10)3(8)1-4(9)6(11)12;/h2*3-5,7-10H,1-2H2,(H,11,12);/q;;+2/p-2/t2*3-,4+,5+;/m00./s1. The molecule has 0 aliphatic carbocycles. The van der Waals surface area contributed by atoms with Gasteiger partial charge in [-0.15, -0.1) is 0 Å². The maximum absolute atomic E-state index is 9.93. The van der Waals surface area contributed by atoms with Gasteiger partial charge in [-0.3, -0.25) is 0 Å². The van der Waals surface area contributed by atoms with Crippen LogP contribution in [0.4, 0.5) is 0 Å². The molecule has 0 spiro atoms. The second kappa shape index (κ2) is 16.1. The van der Waals surface area contributed by atoms with E-state index in [4.69, 9.17) is 40.9 Å². The zero-order chi connectivity index (χ0) is 19.4. The molecule has 8 N–H and O–H groups in total. The molecule has 25 heavy (non-hydrogen) atoms. The molecule has 6 atom stereocenters. The molecule has 13 heteroatoms. The zero-order valence-electron chi connectivity index (χ0n) is 13.2. The molecule has 0 aliphatic rings. The van der Waals surface area contributed by atoms with Gasteiger partial charge in [-0.25, -0.2) is 0 Å². The summed E-state index contributed by atoms with van der Waals surface area (Å²) >= 11 is 0. The Kier molecular flexibility index (Phi) is 19.1. The normalized spacial score (nSPS) is 17.6. The first-order valence-electron chi connectivity index (χ1n) is 6.69. The van der Waals surface area contributed by atoms with Crippen LogP contribution in [0.1, 0.15) is 12.8 Å². The van der Waals surface area contributed by atoms with Gasteiger partial charge < -0.3 is 60.7 Å². The van der Waals surface area contributed by atoms with Crippen LogP contribution in [-0.2, 0) is 9.59 Å². The van der Waals surface area contributed by atoms with Crippen molar-refractivity contribution in [2.24, 2.45) is 0 Å². The maximum atomic E-state index is 9.93. The molecule has 12 nitrogen and oxygen atoms in total. The van der Waals surface area contributed by atoms with E-state index < -0.39 is 74.6 Å². The van der Waals surface area contributed by atoms with E-state index in [-0.39, 0.29) is 37.7 Å². The predicted molar refractivity (Wildman–Crippen MR) is 75.2 cm³/mol. The van der Waals surface area contributed by atoms with Crippen molar-refractivity contribution < 1.29 is 60.7 Å². The summed E-state index contributed by atoms with van der Waals surface area (Å²) in [6, 6.07) is 0. The van der Waals surface area contributed by atoms with Crippen molar-refractivity contribution in [1.29, 1.82) is 0 Å². The van der Waals surface area contributed by atoms with Gasteiger partial charge in [0.2, 0.25) is 0 Å². The van der Waals surface area contributed by atoms with Gasteiger partial charge in [0, 0.05) is 12.8 Å². The molecule has 0 saturated carbocycles. The van der Waals surface area contributed by atoms with Crippen LogP contribution < -0.4 is 10.2 Å². The molecule has 0 amide bonds. The smallest absolute Gasteiger partial charge is 0.547 e. The topological polar surface area (TPSA) is 242 Å². The summed E-state index contributed by atoms with van der Waals surface area (Å²) in [6.45, 7) is -1.39. The Morgan fingerprint density at radius 2 is 0.880 bits per heavy atom. The average molecular weight is 398 g/mol. The molecule has 144 valence electrons. The van der Waals surface area contributed by atoms with E-state index in [1.165, 1.54) is 0 Å². The number of hydrogen-bond donors (Lipinski definition) is 8. The zero-order valence-corrected chi connectivity index (χ0v) is 15.4. The number of carbonyl (C=O) groups excluding carboxylic acids is 2. The van der Waals surface area contributed by atoms with Crippen molar-refractivity contribution in [2.45, 2.75) is 49.5 Å². The van der Waals surface area contributed by atoms with E-state index in [9.17, 15) is 19.8 Å². The van der Waals surface area contributed by atoms with E-state index in [2.05, 4.69) is 0 Å². The third-order valence-electron chi connectivity index (χ3n) is 2.74. The minimum absolute atomic E-state index is 0. The molecule has 0 aromatic carbocycles. The van der Waals surface area contributed by atoms with Crippen molar-refractivity contribution in [2.75, 3.05) is 13.2 Å². The molecular weight excluding hydrogens is 376 g/mol. The van der Waals surface area contributed by atoms with E-state index in [1.54, 1.807) is 0 Å². The Morgan fingerprint density at radius 1 is 0.640 bits per heavy atom. The summed E-state index contributed by atoms with van der Waals surface area (Å²) in [5.74, 6) is -3.45. The van der Waals surface area contributed by atoms with Gasteiger partial charge in [-0.05, 0) is 0 Å². The Bertz CT molecular complexity index is 334. The number of aliphatic hydroxyl groups is 8. The first-order chi connectivity index (χ1) is 11.0. The summed E-state index contributed by atoms with van der Waals surface area (Å²) in [7, 11) is 0. The number of rotatable bonds is 10. The van der Waals surface area contributed by atoms with Crippen LogP contribution in [0, 0.1) is 0 Å². The molecule has 0 rings (SSSR count). The summed E-state index contributed by atoms with van der Waals surface area (Å²) in [6.07, 6.45) is -10.6. The van der Waals surface area contributed by atoms with Crippen molar-refractivity contribution in [3.05, 3.63) is 0 Å². The van der Waals surface area contributed by atoms with Gasteiger partial charge in [0.15, 0.2) is 0 Å². The first kappa shape index (κ1) is 29.6. The molecule has 0 heterocycles. The number of hydrogen-bond acceptors (Lipinski definition) is 12. The van der Waals surface area contributed by atoms with Crippen LogP contribution in [-0.4, -0.2) is 140 Å². The Morgan fingerprint density at radius 3 is 1.04 bits per heavy atom. The molecule has 0 fully saturated rings. The van der Waals surface area contributed by atoms with Gasteiger partial charge in [0.25, 0.3) is 0 Å². The summed E-state index contributed by atoms with van der Waals surface area (Å²) in [5.41, 5.74) is 0. The first-order valence-corrected chi connectivity index (χ1v) is 6.69. The van der Waals surface area contributed by atoms with E-state index >= 15 is 0 Å². The summed E-state index contributed by atoms with van der Waals surface area (Å²) in [5, 5.41) is 88.9. The second-order valence-corrected chi connectivity index (χ2v) is 4.78. The van der Waals surface area contributed by atoms with Crippen LogP contribution in [0.5, 0.6) is 0 Å². The average Bonchev–Trinajstić information content (AvgIpc) is 2.53.